The van der Waals surface area contributed by atoms with Crippen LogP contribution in [0.3, 0.4) is 0 Å². The van der Waals surface area contributed by atoms with Gasteiger partial charge >= 0.3 is 0 Å². The SMILES string of the molecule is CC(C)NCCn1cc(S(=O)(=O)NCC(C)(C)C)cn1. The third-order valence-electron chi connectivity index (χ3n) is 2.61. The molecule has 1 aromatic heterocycles. The summed E-state index contributed by atoms with van der Waals surface area (Å²) in [7, 11) is -3.47. The van der Waals surface area contributed by atoms with Gasteiger partial charge in [0, 0.05) is 25.3 Å². The monoisotopic (exact) mass is 302 g/mol. The van der Waals surface area contributed by atoms with E-state index in [1.54, 1.807) is 10.9 Å². The molecule has 0 fully saturated rings. The van der Waals surface area contributed by atoms with Crippen LogP contribution in [-0.4, -0.2) is 37.3 Å². The van der Waals surface area contributed by atoms with E-state index in [2.05, 4.69) is 29.0 Å². The third-order valence-corrected chi connectivity index (χ3v) is 3.96. The predicted molar refractivity (Wildman–Crippen MR) is 80.0 cm³/mol. The van der Waals surface area contributed by atoms with E-state index >= 15 is 0 Å². The van der Waals surface area contributed by atoms with E-state index in [0.717, 1.165) is 6.54 Å². The Morgan fingerprint density at radius 3 is 2.55 bits per heavy atom. The molecule has 2 N–H and O–H groups in total. The van der Waals surface area contributed by atoms with Crippen molar-refractivity contribution in [1.82, 2.24) is 19.8 Å². The summed E-state index contributed by atoms with van der Waals surface area (Å²) >= 11 is 0. The second kappa shape index (κ2) is 6.69. The smallest absolute Gasteiger partial charge is 0.243 e. The molecule has 0 radical (unpaired) electrons. The standard InChI is InChI=1S/C13H26N4O2S/c1-11(2)14-6-7-17-9-12(8-15-17)20(18,19)16-10-13(3,4)5/h8-9,11,14,16H,6-7,10H2,1-5H3. The quantitative estimate of drug-likeness (QED) is 0.793. The van der Waals surface area contributed by atoms with Crippen LogP contribution in [0.5, 0.6) is 0 Å². The van der Waals surface area contributed by atoms with Gasteiger partial charge in [-0.15, -0.1) is 0 Å². The Balaban J connectivity index is 2.61. The number of nitrogens with one attached hydrogen (secondary N) is 2. The molecule has 0 aliphatic heterocycles. The van der Waals surface area contributed by atoms with Crippen LogP contribution in [0.4, 0.5) is 0 Å². The van der Waals surface area contributed by atoms with Gasteiger partial charge in [-0.3, -0.25) is 4.68 Å². The van der Waals surface area contributed by atoms with Crippen LogP contribution in [0.25, 0.3) is 0 Å². The average molecular weight is 302 g/mol. The molecule has 1 heterocycles. The van der Waals surface area contributed by atoms with E-state index < -0.39 is 10.0 Å². The zero-order valence-electron chi connectivity index (χ0n) is 13.0. The molecule has 116 valence electrons. The lowest BCUT2D eigenvalue weighted by molar-refractivity contribution is 0.407. The minimum absolute atomic E-state index is 0.0930. The van der Waals surface area contributed by atoms with Gasteiger partial charge in [0.2, 0.25) is 10.0 Å². The molecule has 0 atom stereocenters. The molecule has 0 aliphatic rings. The number of sulfonamides is 1. The average Bonchev–Trinajstić information content (AvgIpc) is 2.75. The number of rotatable bonds is 7. The third kappa shape index (κ3) is 6.02. The molecule has 0 amide bonds. The Morgan fingerprint density at radius 1 is 1.35 bits per heavy atom. The second-order valence-corrected chi connectivity index (χ2v) is 8.20. The van der Waals surface area contributed by atoms with Crippen molar-refractivity contribution in [3.8, 4) is 0 Å². The molecule has 1 aromatic rings. The summed E-state index contributed by atoms with van der Waals surface area (Å²) in [5, 5.41) is 7.34. The molecule has 1 rings (SSSR count). The Morgan fingerprint density at radius 2 is 2.00 bits per heavy atom. The summed E-state index contributed by atoms with van der Waals surface area (Å²) in [5.41, 5.74) is -0.0930. The lowest BCUT2D eigenvalue weighted by atomic mass is 9.98. The van der Waals surface area contributed by atoms with E-state index in [0.29, 0.717) is 19.1 Å². The highest BCUT2D eigenvalue weighted by atomic mass is 32.2. The number of aromatic nitrogens is 2. The highest BCUT2D eigenvalue weighted by Gasteiger charge is 2.19. The van der Waals surface area contributed by atoms with Crippen molar-refractivity contribution >= 4 is 10.0 Å². The summed E-state index contributed by atoms with van der Waals surface area (Å²) in [6.45, 7) is 11.9. The van der Waals surface area contributed by atoms with Crippen LogP contribution >= 0.6 is 0 Å². The first kappa shape index (κ1) is 17.1. The van der Waals surface area contributed by atoms with Crippen LogP contribution in [0, 0.1) is 5.41 Å². The van der Waals surface area contributed by atoms with Gasteiger partial charge in [-0.05, 0) is 5.41 Å². The highest BCUT2D eigenvalue weighted by Crippen LogP contribution is 2.13. The first-order chi connectivity index (χ1) is 9.10. The lowest BCUT2D eigenvalue weighted by Crippen LogP contribution is -2.32. The minimum Gasteiger partial charge on any atom is -0.313 e. The molecule has 0 aliphatic carbocycles. The summed E-state index contributed by atoms with van der Waals surface area (Å²) in [4.78, 5) is 0.214. The van der Waals surface area contributed by atoms with Gasteiger partial charge in [0.1, 0.15) is 4.90 Å². The molecule has 20 heavy (non-hydrogen) atoms. The van der Waals surface area contributed by atoms with Gasteiger partial charge < -0.3 is 5.32 Å². The molecular weight excluding hydrogens is 276 g/mol. The molecule has 6 nitrogen and oxygen atoms in total. The first-order valence-electron chi connectivity index (χ1n) is 6.86. The summed E-state index contributed by atoms with van der Waals surface area (Å²) in [6, 6.07) is 0.405. The van der Waals surface area contributed by atoms with Crippen molar-refractivity contribution in [2.75, 3.05) is 13.1 Å². The van der Waals surface area contributed by atoms with Crippen molar-refractivity contribution in [3.63, 3.8) is 0 Å². The van der Waals surface area contributed by atoms with Crippen molar-refractivity contribution in [2.24, 2.45) is 5.41 Å². The zero-order chi connectivity index (χ0) is 15.4. The van der Waals surface area contributed by atoms with Crippen molar-refractivity contribution < 1.29 is 8.42 Å². The fourth-order valence-electron chi connectivity index (χ4n) is 1.47. The topological polar surface area (TPSA) is 76.0 Å². The maximum Gasteiger partial charge on any atom is 0.243 e. The molecule has 0 aromatic carbocycles. The summed E-state index contributed by atoms with van der Waals surface area (Å²) in [5.74, 6) is 0. The Labute approximate surface area is 122 Å². The fraction of sp³-hybridized carbons (Fsp3) is 0.769. The first-order valence-corrected chi connectivity index (χ1v) is 8.34. The Hall–Kier alpha value is -0.920. The summed E-state index contributed by atoms with van der Waals surface area (Å²) in [6.07, 6.45) is 2.95. The van der Waals surface area contributed by atoms with Gasteiger partial charge in [0.05, 0.1) is 12.7 Å². The normalized spacial score (nSPS) is 13.1. The van der Waals surface area contributed by atoms with Crippen LogP contribution in [-0.2, 0) is 16.6 Å². The Bertz CT molecular complexity index is 515. The predicted octanol–water partition coefficient (Wildman–Crippen LogP) is 1.21. The lowest BCUT2D eigenvalue weighted by Gasteiger charge is -2.18. The van der Waals surface area contributed by atoms with Gasteiger partial charge in [-0.1, -0.05) is 34.6 Å². The molecule has 0 bridgehead atoms. The van der Waals surface area contributed by atoms with E-state index in [1.807, 2.05) is 20.8 Å². The van der Waals surface area contributed by atoms with Crippen LogP contribution in [0.2, 0.25) is 0 Å². The maximum absolute atomic E-state index is 12.1. The van der Waals surface area contributed by atoms with E-state index in [9.17, 15) is 8.42 Å². The molecule has 0 spiro atoms. The van der Waals surface area contributed by atoms with E-state index in [-0.39, 0.29) is 10.3 Å². The number of hydrogen-bond donors (Lipinski definition) is 2. The van der Waals surface area contributed by atoms with Crippen molar-refractivity contribution in [2.45, 2.75) is 52.1 Å². The van der Waals surface area contributed by atoms with Crippen LogP contribution in [0.1, 0.15) is 34.6 Å². The van der Waals surface area contributed by atoms with Gasteiger partial charge in [-0.25, -0.2) is 13.1 Å². The number of hydrogen-bond acceptors (Lipinski definition) is 4. The molecule has 0 saturated carbocycles. The van der Waals surface area contributed by atoms with Gasteiger partial charge in [0.15, 0.2) is 0 Å². The number of nitrogens with zero attached hydrogens (tertiary/aromatic N) is 2. The van der Waals surface area contributed by atoms with Crippen molar-refractivity contribution in [1.29, 1.82) is 0 Å². The largest absolute Gasteiger partial charge is 0.313 e. The van der Waals surface area contributed by atoms with E-state index in [1.165, 1.54) is 6.20 Å². The van der Waals surface area contributed by atoms with Gasteiger partial charge in [-0.2, -0.15) is 5.10 Å². The minimum atomic E-state index is -3.47. The highest BCUT2D eigenvalue weighted by molar-refractivity contribution is 7.89. The summed E-state index contributed by atoms with van der Waals surface area (Å²) < 4.78 is 28.4. The van der Waals surface area contributed by atoms with Crippen molar-refractivity contribution in [3.05, 3.63) is 12.4 Å². The zero-order valence-corrected chi connectivity index (χ0v) is 13.8. The van der Waals surface area contributed by atoms with E-state index in [4.69, 9.17) is 0 Å². The second-order valence-electron chi connectivity index (χ2n) is 6.43. The molecule has 0 saturated heterocycles. The fourth-order valence-corrected chi connectivity index (χ4v) is 2.70. The van der Waals surface area contributed by atoms with Crippen LogP contribution < -0.4 is 10.0 Å². The van der Waals surface area contributed by atoms with Gasteiger partial charge in [0.25, 0.3) is 0 Å². The molecule has 7 heteroatoms. The Kier molecular flexibility index (Phi) is 5.73. The molecular formula is C13H26N4O2S. The molecule has 0 unspecified atom stereocenters. The van der Waals surface area contributed by atoms with Crippen LogP contribution in [0.15, 0.2) is 17.3 Å². The maximum atomic E-state index is 12.1.